The summed E-state index contributed by atoms with van der Waals surface area (Å²) in [5.74, 6) is 0.345. The average molecular weight is 488 g/mol. The molecule has 0 rings (SSSR count). The molecule has 4 nitrogen and oxygen atoms in total. The molecule has 0 aliphatic heterocycles. The summed E-state index contributed by atoms with van der Waals surface area (Å²) in [6.07, 6.45) is 22.8. The molecule has 0 heterocycles. The highest BCUT2D eigenvalue weighted by molar-refractivity contribution is 5.53. The summed E-state index contributed by atoms with van der Waals surface area (Å²) in [6.45, 7) is 15.0. The summed E-state index contributed by atoms with van der Waals surface area (Å²) >= 11 is 0. The van der Waals surface area contributed by atoms with Crippen LogP contribution in [0, 0.1) is 5.92 Å². The standard InChI is InChI=1S/C16H32O.C11H25NO2.C3H8/c1-3-5-7-9-10-12-14-16(15-17)13-11-8-6-4-2;1-3-12(9-10-13)8-6-4-5-7-11-14-2;1-3-2/h15-16H,3-14H2,1-2H3;13H,3-11H2,1-2H3;3H2,1-2H3. The first-order chi connectivity index (χ1) is 16.6. The molecule has 34 heavy (non-hydrogen) atoms. The van der Waals surface area contributed by atoms with Crippen molar-refractivity contribution < 1.29 is 14.6 Å². The highest BCUT2D eigenvalue weighted by atomic mass is 16.5. The fourth-order valence-corrected chi connectivity index (χ4v) is 3.81. The summed E-state index contributed by atoms with van der Waals surface area (Å²) in [7, 11) is 1.75. The summed E-state index contributed by atoms with van der Waals surface area (Å²) in [5, 5.41) is 8.78. The molecule has 0 fully saturated rings. The molecule has 0 aromatic carbocycles. The van der Waals surface area contributed by atoms with Gasteiger partial charge in [0.2, 0.25) is 0 Å². The Morgan fingerprint density at radius 3 is 1.65 bits per heavy atom. The Morgan fingerprint density at radius 2 is 1.18 bits per heavy atom. The van der Waals surface area contributed by atoms with Gasteiger partial charge in [-0.25, -0.2) is 0 Å². The Kier molecular flexibility index (Phi) is 41.6. The number of ether oxygens (including phenoxy) is 1. The molecule has 0 aromatic heterocycles. The predicted molar refractivity (Wildman–Crippen MR) is 152 cm³/mol. The van der Waals surface area contributed by atoms with Gasteiger partial charge in [-0.1, -0.05) is 118 Å². The van der Waals surface area contributed by atoms with Crippen molar-refractivity contribution in [1.29, 1.82) is 0 Å². The fraction of sp³-hybridized carbons (Fsp3) is 0.967. The van der Waals surface area contributed by atoms with Crippen molar-refractivity contribution in [1.82, 2.24) is 4.90 Å². The predicted octanol–water partition coefficient (Wildman–Crippen LogP) is 8.45. The van der Waals surface area contributed by atoms with Crippen LogP contribution in [0.25, 0.3) is 0 Å². The molecule has 0 aliphatic rings. The molecule has 0 radical (unpaired) electrons. The first kappa shape index (κ1) is 38.1. The van der Waals surface area contributed by atoms with E-state index in [2.05, 4.69) is 39.5 Å². The van der Waals surface area contributed by atoms with Gasteiger partial charge in [0.1, 0.15) is 6.29 Å². The zero-order valence-corrected chi connectivity index (χ0v) is 24.4. The molecular weight excluding hydrogens is 422 g/mol. The second-order valence-electron chi connectivity index (χ2n) is 9.57. The number of methoxy groups -OCH3 is 1. The van der Waals surface area contributed by atoms with E-state index in [0.717, 1.165) is 39.1 Å². The van der Waals surface area contributed by atoms with Crippen LogP contribution in [0.5, 0.6) is 0 Å². The van der Waals surface area contributed by atoms with Crippen LogP contribution in [0.3, 0.4) is 0 Å². The van der Waals surface area contributed by atoms with Crippen LogP contribution in [0.4, 0.5) is 0 Å². The van der Waals surface area contributed by atoms with Gasteiger partial charge in [-0.3, -0.25) is 0 Å². The number of nitrogens with zero attached hydrogens (tertiary/aromatic N) is 1. The van der Waals surface area contributed by atoms with Crippen LogP contribution in [-0.4, -0.2) is 56.3 Å². The van der Waals surface area contributed by atoms with E-state index in [0.29, 0.717) is 5.92 Å². The Balaban J connectivity index is -0.000000513. The maximum absolute atomic E-state index is 10.9. The summed E-state index contributed by atoms with van der Waals surface area (Å²) in [6, 6.07) is 0. The van der Waals surface area contributed by atoms with Crippen LogP contribution >= 0.6 is 0 Å². The zero-order valence-electron chi connectivity index (χ0n) is 24.4. The topological polar surface area (TPSA) is 49.8 Å². The number of aliphatic hydroxyl groups is 1. The van der Waals surface area contributed by atoms with Crippen LogP contribution < -0.4 is 0 Å². The van der Waals surface area contributed by atoms with E-state index in [1.807, 2.05) is 0 Å². The van der Waals surface area contributed by atoms with Crippen LogP contribution in [0.1, 0.15) is 144 Å². The van der Waals surface area contributed by atoms with Crippen LogP contribution in [-0.2, 0) is 9.53 Å². The number of aldehydes is 1. The second kappa shape index (κ2) is 37.1. The largest absolute Gasteiger partial charge is 0.395 e. The van der Waals surface area contributed by atoms with Gasteiger partial charge >= 0.3 is 0 Å². The lowest BCUT2D eigenvalue weighted by Crippen LogP contribution is -2.27. The minimum absolute atomic E-state index is 0.275. The number of carbonyl (C=O) groups is 1. The number of unbranched alkanes of at least 4 members (excludes halogenated alkanes) is 11. The molecule has 208 valence electrons. The van der Waals surface area contributed by atoms with Crippen molar-refractivity contribution in [2.24, 2.45) is 5.92 Å². The molecule has 1 unspecified atom stereocenters. The zero-order chi connectivity index (χ0) is 26.1. The lowest BCUT2D eigenvalue weighted by atomic mass is 9.95. The van der Waals surface area contributed by atoms with E-state index in [1.165, 1.54) is 103 Å². The number of aliphatic hydroxyl groups excluding tert-OH is 1. The average Bonchev–Trinajstić information content (AvgIpc) is 2.85. The SMILES string of the molecule is CCC.CCCCCCCCC(C=O)CCCCCC.CCN(CCO)CCCCCCOC. The van der Waals surface area contributed by atoms with Crippen molar-refractivity contribution in [2.45, 2.75) is 144 Å². The highest BCUT2D eigenvalue weighted by Crippen LogP contribution is 2.17. The monoisotopic (exact) mass is 487 g/mol. The number of hydrogen-bond acceptors (Lipinski definition) is 4. The van der Waals surface area contributed by atoms with Gasteiger partial charge < -0.3 is 19.5 Å². The van der Waals surface area contributed by atoms with E-state index < -0.39 is 0 Å². The minimum Gasteiger partial charge on any atom is -0.395 e. The van der Waals surface area contributed by atoms with E-state index in [-0.39, 0.29) is 6.61 Å². The third-order valence-corrected chi connectivity index (χ3v) is 5.99. The van der Waals surface area contributed by atoms with E-state index in [1.54, 1.807) is 7.11 Å². The quantitative estimate of drug-likeness (QED) is 0.116. The first-order valence-electron chi connectivity index (χ1n) is 14.9. The van der Waals surface area contributed by atoms with E-state index >= 15 is 0 Å². The van der Waals surface area contributed by atoms with E-state index in [4.69, 9.17) is 9.84 Å². The van der Waals surface area contributed by atoms with Gasteiger partial charge in [0.25, 0.3) is 0 Å². The smallest absolute Gasteiger partial charge is 0.123 e. The molecule has 1 atom stereocenters. The maximum Gasteiger partial charge on any atom is 0.123 e. The highest BCUT2D eigenvalue weighted by Gasteiger charge is 2.06. The number of rotatable bonds is 23. The van der Waals surface area contributed by atoms with Gasteiger partial charge in [0, 0.05) is 26.2 Å². The molecule has 0 amide bonds. The van der Waals surface area contributed by atoms with E-state index in [9.17, 15) is 4.79 Å². The minimum atomic E-state index is 0.275. The molecule has 0 saturated carbocycles. The molecule has 0 spiro atoms. The van der Waals surface area contributed by atoms with Crippen molar-refractivity contribution in [3.63, 3.8) is 0 Å². The third-order valence-electron chi connectivity index (χ3n) is 5.99. The van der Waals surface area contributed by atoms with Crippen molar-refractivity contribution >= 4 is 6.29 Å². The molecule has 0 aliphatic carbocycles. The second-order valence-corrected chi connectivity index (χ2v) is 9.57. The Labute approximate surface area is 215 Å². The molecule has 0 saturated heterocycles. The molecule has 4 heteroatoms. The van der Waals surface area contributed by atoms with Gasteiger partial charge in [-0.2, -0.15) is 0 Å². The Morgan fingerprint density at radius 1 is 0.706 bits per heavy atom. The van der Waals surface area contributed by atoms with Gasteiger partial charge in [0.05, 0.1) is 6.61 Å². The molecule has 0 aromatic rings. The number of hydrogen-bond donors (Lipinski definition) is 1. The summed E-state index contributed by atoms with van der Waals surface area (Å²) in [4.78, 5) is 13.2. The van der Waals surface area contributed by atoms with Crippen molar-refractivity contribution in [3.05, 3.63) is 0 Å². The van der Waals surface area contributed by atoms with Crippen LogP contribution in [0.15, 0.2) is 0 Å². The Bertz CT molecular complexity index is 339. The Hall–Kier alpha value is -0.450. The van der Waals surface area contributed by atoms with Gasteiger partial charge in [0.15, 0.2) is 0 Å². The van der Waals surface area contributed by atoms with Crippen molar-refractivity contribution in [2.75, 3.05) is 40.0 Å². The molecule has 1 N–H and O–H groups in total. The van der Waals surface area contributed by atoms with Gasteiger partial charge in [-0.05, 0) is 38.8 Å². The third kappa shape index (κ3) is 36.1. The molecule has 0 bridgehead atoms. The van der Waals surface area contributed by atoms with Crippen LogP contribution in [0.2, 0.25) is 0 Å². The number of carbonyl (C=O) groups excluding carboxylic acids is 1. The molecular formula is C30H65NO3. The summed E-state index contributed by atoms with van der Waals surface area (Å²) < 4.78 is 4.99. The lowest BCUT2D eigenvalue weighted by Gasteiger charge is -2.18. The normalized spacial score (nSPS) is 11.4. The first-order valence-corrected chi connectivity index (χ1v) is 14.9. The number of likely N-dealkylation sites (N-methyl/N-ethyl adjacent to an activating group) is 1. The fourth-order valence-electron chi connectivity index (χ4n) is 3.81. The van der Waals surface area contributed by atoms with Crippen molar-refractivity contribution in [3.8, 4) is 0 Å². The summed E-state index contributed by atoms with van der Waals surface area (Å²) in [5.41, 5.74) is 0. The maximum atomic E-state index is 10.9. The van der Waals surface area contributed by atoms with Gasteiger partial charge in [-0.15, -0.1) is 0 Å². The lowest BCUT2D eigenvalue weighted by molar-refractivity contribution is -0.111.